The molecule has 0 aliphatic heterocycles. The average Bonchev–Trinajstić information content (AvgIpc) is 2.83. The first-order chi connectivity index (χ1) is 9.20. The first-order valence-corrected chi connectivity index (χ1v) is 8.11. The van der Waals surface area contributed by atoms with E-state index in [-0.39, 0.29) is 0 Å². The van der Waals surface area contributed by atoms with Crippen LogP contribution in [0.1, 0.15) is 23.9 Å². The second-order valence-electron chi connectivity index (χ2n) is 4.48. The molecule has 2 aromatic rings. The van der Waals surface area contributed by atoms with E-state index in [4.69, 9.17) is 0 Å². The lowest BCUT2D eigenvalue weighted by Gasteiger charge is -2.01. The number of rotatable bonds is 6. The lowest BCUT2D eigenvalue weighted by Crippen LogP contribution is -2.17. The topological polar surface area (TPSA) is 37.8 Å². The second kappa shape index (κ2) is 7.12. The van der Waals surface area contributed by atoms with Crippen molar-refractivity contribution in [3.63, 3.8) is 0 Å². The summed E-state index contributed by atoms with van der Waals surface area (Å²) in [6.45, 7) is 6.29. The van der Waals surface area contributed by atoms with E-state index in [9.17, 15) is 0 Å². The van der Waals surface area contributed by atoms with Gasteiger partial charge in [0, 0.05) is 23.0 Å². The van der Waals surface area contributed by atoms with Gasteiger partial charge in [-0.2, -0.15) is 0 Å². The van der Waals surface area contributed by atoms with E-state index < -0.39 is 0 Å². The fourth-order valence-electron chi connectivity index (χ4n) is 1.75. The lowest BCUT2D eigenvalue weighted by atomic mass is 10.2. The normalized spacial score (nSPS) is 10.9. The minimum Gasteiger partial charge on any atom is -0.316 e. The summed E-state index contributed by atoms with van der Waals surface area (Å²) in [5, 5.41) is 14.0. The number of benzene rings is 1. The van der Waals surface area contributed by atoms with Crippen LogP contribution in [-0.4, -0.2) is 23.3 Å². The molecule has 1 aromatic heterocycles. The number of hydrogen-bond donors (Lipinski definition) is 1. The summed E-state index contributed by atoms with van der Waals surface area (Å²) in [6.07, 6.45) is 2.11. The molecule has 19 heavy (non-hydrogen) atoms. The zero-order valence-electron chi connectivity index (χ0n) is 11.2. The summed E-state index contributed by atoms with van der Waals surface area (Å²) >= 11 is 5.26. The number of nitrogens with zero attached hydrogens (tertiary/aromatic N) is 2. The molecule has 0 bridgehead atoms. The zero-order valence-corrected chi connectivity index (χ0v) is 13.6. The van der Waals surface area contributed by atoms with Crippen molar-refractivity contribution < 1.29 is 0 Å². The first-order valence-electron chi connectivity index (χ1n) is 6.50. The van der Waals surface area contributed by atoms with Gasteiger partial charge < -0.3 is 5.32 Å². The van der Waals surface area contributed by atoms with Crippen LogP contribution in [-0.2, 0) is 6.42 Å². The standard InChI is InChI=1S/C14H18BrN3S/c1-3-7-16-8-6-13-17-18-14(19-13)11-5-4-10(2)9-12(11)15/h4-5,9,16H,3,6-8H2,1-2H3. The molecule has 5 heteroatoms. The van der Waals surface area contributed by atoms with E-state index >= 15 is 0 Å². The molecule has 0 saturated carbocycles. The molecule has 1 heterocycles. The Balaban J connectivity index is 2.04. The summed E-state index contributed by atoms with van der Waals surface area (Å²) in [5.41, 5.74) is 2.36. The van der Waals surface area contributed by atoms with Crippen molar-refractivity contribution in [3.8, 4) is 10.6 Å². The van der Waals surface area contributed by atoms with Gasteiger partial charge in [0.05, 0.1) is 0 Å². The molecule has 0 atom stereocenters. The summed E-state index contributed by atoms with van der Waals surface area (Å²) in [4.78, 5) is 0. The van der Waals surface area contributed by atoms with Gasteiger partial charge in [0.2, 0.25) is 0 Å². The van der Waals surface area contributed by atoms with Crippen molar-refractivity contribution in [1.29, 1.82) is 0 Å². The summed E-state index contributed by atoms with van der Waals surface area (Å²) in [7, 11) is 0. The summed E-state index contributed by atoms with van der Waals surface area (Å²) in [6, 6.07) is 6.31. The van der Waals surface area contributed by atoms with Gasteiger partial charge in [-0.1, -0.05) is 46.3 Å². The van der Waals surface area contributed by atoms with Gasteiger partial charge >= 0.3 is 0 Å². The zero-order chi connectivity index (χ0) is 13.7. The fourth-order valence-corrected chi connectivity index (χ4v) is 3.44. The Bertz CT molecular complexity index is 539. The average molecular weight is 340 g/mol. The molecular weight excluding hydrogens is 322 g/mol. The van der Waals surface area contributed by atoms with Crippen molar-refractivity contribution in [1.82, 2.24) is 15.5 Å². The van der Waals surface area contributed by atoms with Crippen LogP contribution in [0.4, 0.5) is 0 Å². The van der Waals surface area contributed by atoms with Gasteiger partial charge in [0.1, 0.15) is 10.0 Å². The molecule has 0 fully saturated rings. The molecule has 0 aliphatic rings. The molecule has 0 amide bonds. The van der Waals surface area contributed by atoms with E-state index in [0.29, 0.717) is 0 Å². The molecular formula is C14H18BrN3S. The van der Waals surface area contributed by atoms with Gasteiger partial charge in [0.25, 0.3) is 0 Å². The van der Waals surface area contributed by atoms with Crippen molar-refractivity contribution in [3.05, 3.63) is 33.2 Å². The molecule has 0 aliphatic carbocycles. The maximum Gasteiger partial charge on any atom is 0.148 e. The number of hydrogen-bond acceptors (Lipinski definition) is 4. The van der Waals surface area contributed by atoms with Gasteiger partial charge in [-0.05, 0) is 31.5 Å². The number of aromatic nitrogens is 2. The molecule has 0 saturated heterocycles. The smallest absolute Gasteiger partial charge is 0.148 e. The Labute approximate surface area is 126 Å². The quantitative estimate of drug-likeness (QED) is 0.813. The largest absolute Gasteiger partial charge is 0.316 e. The maximum absolute atomic E-state index is 4.29. The first kappa shape index (κ1) is 14.6. The predicted octanol–water partition coefficient (Wildman–Crippen LogP) is 3.82. The van der Waals surface area contributed by atoms with Crippen LogP contribution < -0.4 is 5.32 Å². The Hall–Kier alpha value is -0.780. The predicted molar refractivity (Wildman–Crippen MR) is 84.6 cm³/mol. The minimum atomic E-state index is 0.946. The SMILES string of the molecule is CCCNCCc1nnc(-c2ccc(C)cc2Br)s1. The van der Waals surface area contributed by atoms with Crippen LogP contribution in [0.15, 0.2) is 22.7 Å². The highest BCUT2D eigenvalue weighted by Crippen LogP contribution is 2.31. The van der Waals surface area contributed by atoms with Gasteiger partial charge in [0.15, 0.2) is 0 Å². The van der Waals surface area contributed by atoms with Gasteiger partial charge in [-0.3, -0.25) is 0 Å². The van der Waals surface area contributed by atoms with Crippen LogP contribution in [0.25, 0.3) is 10.6 Å². The minimum absolute atomic E-state index is 0.946. The molecule has 0 radical (unpaired) electrons. The molecule has 2 rings (SSSR count). The van der Waals surface area contributed by atoms with Crippen molar-refractivity contribution in [2.75, 3.05) is 13.1 Å². The number of halogens is 1. The van der Waals surface area contributed by atoms with E-state index in [1.807, 2.05) is 0 Å². The highest BCUT2D eigenvalue weighted by Gasteiger charge is 2.09. The highest BCUT2D eigenvalue weighted by atomic mass is 79.9. The molecule has 0 unspecified atom stereocenters. The van der Waals surface area contributed by atoms with Crippen molar-refractivity contribution >= 4 is 27.3 Å². The number of nitrogens with one attached hydrogen (secondary N) is 1. The molecule has 0 spiro atoms. The fraction of sp³-hybridized carbons (Fsp3) is 0.429. The van der Waals surface area contributed by atoms with Crippen LogP contribution in [0.5, 0.6) is 0 Å². The molecule has 1 aromatic carbocycles. The van der Waals surface area contributed by atoms with E-state index in [2.05, 4.69) is 63.5 Å². The maximum atomic E-state index is 4.29. The second-order valence-corrected chi connectivity index (χ2v) is 6.40. The van der Waals surface area contributed by atoms with E-state index in [1.165, 1.54) is 5.56 Å². The molecule has 102 valence electrons. The third-order valence-electron chi connectivity index (χ3n) is 2.76. The lowest BCUT2D eigenvalue weighted by molar-refractivity contribution is 0.668. The van der Waals surface area contributed by atoms with E-state index in [0.717, 1.165) is 46.0 Å². The Morgan fingerprint density at radius 1 is 1.26 bits per heavy atom. The van der Waals surface area contributed by atoms with Crippen molar-refractivity contribution in [2.24, 2.45) is 0 Å². The van der Waals surface area contributed by atoms with Gasteiger partial charge in [-0.15, -0.1) is 10.2 Å². The Morgan fingerprint density at radius 2 is 2.11 bits per heavy atom. The van der Waals surface area contributed by atoms with Gasteiger partial charge in [-0.25, -0.2) is 0 Å². The number of aryl methyl sites for hydroxylation is 1. The van der Waals surface area contributed by atoms with Crippen LogP contribution in [0.2, 0.25) is 0 Å². The monoisotopic (exact) mass is 339 g/mol. The van der Waals surface area contributed by atoms with Crippen LogP contribution in [0.3, 0.4) is 0 Å². The Kier molecular flexibility index (Phi) is 5.48. The highest BCUT2D eigenvalue weighted by molar-refractivity contribution is 9.10. The summed E-state index contributed by atoms with van der Waals surface area (Å²) in [5.74, 6) is 0. The van der Waals surface area contributed by atoms with Crippen molar-refractivity contribution in [2.45, 2.75) is 26.7 Å². The molecule has 1 N–H and O–H groups in total. The van der Waals surface area contributed by atoms with Crippen LogP contribution in [0, 0.1) is 6.92 Å². The third kappa shape index (κ3) is 4.09. The van der Waals surface area contributed by atoms with Crippen LogP contribution >= 0.6 is 27.3 Å². The molecule has 3 nitrogen and oxygen atoms in total. The summed E-state index contributed by atoms with van der Waals surface area (Å²) < 4.78 is 1.08. The van der Waals surface area contributed by atoms with E-state index in [1.54, 1.807) is 11.3 Å². The third-order valence-corrected chi connectivity index (χ3v) is 4.44. The Morgan fingerprint density at radius 3 is 2.84 bits per heavy atom.